The molecule has 1 aromatic rings. The lowest BCUT2D eigenvalue weighted by atomic mass is 9.86. The molecule has 1 rings (SSSR count). The predicted molar refractivity (Wildman–Crippen MR) is 85.7 cm³/mol. The van der Waals surface area contributed by atoms with E-state index >= 15 is 0 Å². The molecule has 0 saturated heterocycles. The molecule has 2 atom stereocenters. The summed E-state index contributed by atoms with van der Waals surface area (Å²) in [6.45, 7) is 7.99. The highest BCUT2D eigenvalue weighted by Gasteiger charge is 2.20. The van der Waals surface area contributed by atoms with Gasteiger partial charge in [0.05, 0.1) is 0 Å². The fourth-order valence-electron chi connectivity index (χ4n) is 2.84. The first-order valence-corrected chi connectivity index (χ1v) is 8.11. The van der Waals surface area contributed by atoms with Gasteiger partial charge >= 0.3 is 0 Å². The van der Waals surface area contributed by atoms with Crippen molar-refractivity contribution in [1.82, 2.24) is 5.32 Å². The lowest BCUT2D eigenvalue weighted by Gasteiger charge is -2.28. The summed E-state index contributed by atoms with van der Waals surface area (Å²) in [5, 5.41) is 3.78. The van der Waals surface area contributed by atoms with Gasteiger partial charge in [-0.3, -0.25) is 0 Å². The molecule has 19 heavy (non-hydrogen) atoms. The first-order valence-electron chi connectivity index (χ1n) is 8.11. The van der Waals surface area contributed by atoms with Crippen molar-refractivity contribution in [3.05, 3.63) is 35.9 Å². The van der Waals surface area contributed by atoms with Gasteiger partial charge in [0.25, 0.3) is 0 Å². The van der Waals surface area contributed by atoms with E-state index in [1.54, 1.807) is 0 Å². The second-order valence-electron chi connectivity index (χ2n) is 5.48. The Hall–Kier alpha value is -0.820. The van der Waals surface area contributed by atoms with Crippen molar-refractivity contribution in [1.29, 1.82) is 0 Å². The van der Waals surface area contributed by atoms with Crippen LogP contribution in [0.3, 0.4) is 0 Å². The zero-order valence-corrected chi connectivity index (χ0v) is 13.0. The second kappa shape index (κ2) is 10.0. The molecule has 0 fully saturated rings. The second-order valence-corrected chi connectivity index (χ2v) is 5.48. The molecular weight excluding hydrogens is 230 g/mol. The summed E-state index contributed by atoms with van der Waals surface area (Å²) in [6.07, 6.45) is 7.76. The summed E-state index contributed by atoms with van der Waals surface area (Å²) in [6, 6.07) is 11.7. The van der Waals surface area contributed by atoms with Crippen molar-refractivity contribution in [3.8, 4) is 0 Å². The van der Waals surface area contributed by atoms with Crippen molar-refractivity contribution in [2.24, 2.45) is 0 Å². The Morgan fingerprint density at radius 2 is 1.68 bits per heavy atom. The molecule has 0 radical (unpaired) electrons. The number of benzene rings is 1. The molecule has 0 spiro atoms. The molecule has 1 N–H and O–H groups in total. The Morgan fingerprint density at radius 1 is 0.947 bits per heavy atom. The molecule has 0 aliphatic carbocycles. The van der Waals surface area contributed by atoms with Crippen LogP contribution in [0.5, 0.6) is 0 Å². The van der Waals surface area contributed by atoms with E-state index in [0.717, 1.165) is 6.54 Å². The van der Waals surface area contributed by atoms with Crippen LogP contribution in [0.2, 0.25) is 0 Å². The van der Waals surface area contributed by atoms with Gasteiger partial charge in [-0.25, -0.2) is 0 Å². The zero-order valence-electron chi connectivity index (χ0n) is 13.0. The van der Waals surface area contributed by atoms with Crippen molar-refractivity contribution in [3.63, 3.8) is 0 Å². The minimum absolute atomic E-state index is 0.638. The zero-order chi connectivity index (χ0) is 13.9. The van der Waals surface area contributed by atoms with Crippen LogP contribution < -0.4 is 5.32 Å². The third-order valence-corrected chi connectivity index (χ3v) is 3.93. The molecule has 2 unspecified atom stereocenters. The van der Waals surface area contributed by atoms with E-state index in [4.69, 9.17) is 0 Å². The van der Waals surface area contributed by atoms with Gasteiger partial charge in [-0.15, -0.1) is 0 Å². The maximum atomic E-state index is 3.78. The molecular formula is C18H31N. The van der Waals surface area contributed by atoms with Crippen LogP contribution in [-0.4, -0.2) is 12.6 Å². The summed E-state index contributed by atoms with van der Waals surface area (Å²) in [4.78, 5) is 0. The maximum Gasteiger partial charge on any atom is 0.0136 e. The molecule has 0 aliphatic heterocycles. The van der Waals surface area contributed by atoms with Crippen LogP contribution in [0.15, 0.2) is 30.3 Å². The summed E-state index contributed by atoms with van der Waals surface area (Å²) in [7, 11) is 0. The Balaban J connectivity index is 2.68. The van der Waals surface area contributed by atoms with Crippen LogP contribution in [0.1, 0.15) is 70.8 Å². The van der Waals surface area contributed by atoms with Crippen molar-refractivity contribution in [2.75, 3.05) is 6.54 Å². The molecule has 0 heterocycles. The van der Waals surface area contributed by atoms with E-state index in [9.17, 15) is 0 Å². The third kappa shape index (κ3) is 5.78. The van der Waals surface area contributed by atoms with Gasteiger partial charge in [-0.1, -0.05) is 70.4 Å². The number of hydrogen-bond donors (Lipinski definition) is 1. The Kier molecular flexibility index (Phi) is 8.57. The van der Waals surface area contributed by atoms with Gasteiger partial charge in [0.2, 0.25) is 0 Å². The van der Waals surface area contributed by atoms with E-state index in [0.29, 0.717) is 12.0 Å². The average Bonchev–Trinajstić information content (AvgIpc) is 2.46. The van der Waals surface area contributed by atoms with E-state index < -0.39 is 0 Å². The summed E-state index contributed by atoms with van der Waals surface area (Å²) in [5.41, 5.74) is 1.50. The number of unbranched alkanes of at least 4 members (excludes halogenated alkanes) is 2. The SMILES string of the molecule is CCCCCC(NCCC)C(CC)c1ccccc1. The summed E-state index contributed by atoms with van der Waals surface area (Å²) in [5.74, 6) is 0.657. The Bertz CT molecular complexity index is 307. The van der Waals surface area contributed by atoms with Gasteiger partial charge in [-0.2, -0.15) is 0 Å². The first kappa shape index (κ1) is 16.2. The van der Waals surface area contributed by atoms with Crippen LogP contribution in [0.4, 0.5) is 0 Å². The Morgan fingerprint density at radius 3 is 2.26 bits per heavy atom. The normalized spacial score (nSPS) is 14.3. The predicted octanol–water partition coefficient (Wildman–Crippen LogP) is 5.13. The first-order chi connectivity index (χ1) is 9.33. The molecule has 0 saturated carbocycles. The van der Waals surface area contributed by atoms with Crippen molar-refractivity contribution in [2.45, 2.75) is 71.3 Å². The topological polar surface area (TPSA) is 12.0 Å². The van der Waals surface area contributed by atoms with E-state index in [2.05, 4.69) is 56.4 Å². The van der Waals surface area contributed by atoms with Gasteiger partial charge in [0, 0.05) is 6.04 Å². The third-order valence-electron chi connectivity index (χ3n) is 3.93. The number of nitrogens with one attached hydrogen (secondary N) is 1. The van der Waals surface area contributed by atoms with Crippen LogP contribution >= 0.6 is 0 Å². The maximum absolute atomic E-state index is 3.78. The minimum atomic E-state index is 0.638. The average molecular weight is 261 g/mol. The van der Waals surface area contributed by atoms with E-state index in [-0.39, 0.29) is 0 Å². The van der Waals surface area contributed by atoms with E-state index in [1.807, 2.05) is 0 Å². The lowest BCUT2D eigenvalue weighted by molar-refractivity contribution is 0.386. The fourth-order valence-corrected chi connectivity index (χ4v) is 2.84. The van der Waals surface area contributed by atoms with Crippen molar-refractivity contribution < 1.29 is 0 Å². The van der Waals surface area contributed by atoms with Crippen LogP contribution in [0.25, 0.3) is 0 Å². The monoisotopic (exact) mass is 261 g/mol. The molecule has 1 aromatic carbocycles. The molecule has 0 aromatic heterocycles. The Labute approximate surface area is 119 Å². The minimum Gasteiger partial charge on any atom is -0.313 e. The molecule has 1 nitrogen and oxygen atoms in total. The fraction of sp³-hybridized carbons (Fsp3) is 0.667. The number of rotatable bonds is 10. The summed E-state index contributed by atoms with van der Waals surface area (Å²) < 4.78 is 0. The highest BCUT2D eigenvalue weighted by Crippen LogP contribution is 2.26. The van der Waals surface area contributed by atoms with Crippen LogP contribution in [0, 0.1) is 0 Å². The molecule has 108 valence electrons. The molecule has 0 bridgehead atoms. The van der Waals surface area contributed by atoms with Gasteiger partial charge in [0.15, 0.2) is 0 Å². The largest absolute Gasteiger partial charge is 0.313 e. The standard InChI is InChI=1S/C18H31N/c1-4-7-9-14-18(19-15-5-2)17(6-3)16-12-10-8-11-13-16/h8,10-13,17-19H,4-7,9,14-15H2,1-3H3. The quantitative estimate of drug-likeness (QED) is 0.576. The number of hydrogen-bond acceptors (Lipinski definition) is 1. The van der Waals surface area contributed by atoms with Gasteiger partial charge in [0.1, 0.15) is 0 Å². The highest BCUT2D eigenvalue weighted by atomic mass is 14.9. The molecule has 0 amide bonds. The van der Waals surface area contributed by atoms with Crippen molar-refractivity contribution >= 4 is 0 Å². The lowest BCUT2D eigenvalue weighted by Crippen LogP contribution is -2.35. The van der Waals surface area contributed by atoms with Gasteiger partial charge in [-0.05, 0) is 37.3 Å². The van der Waals surface area contributed by atoms with Crippen LogP contribution in [-0.2, 0) is 0 Å². The van der Waals surface area contributed by atoms with Gasteiger partial charge < -0.3 is 5.32 Å². The van der Waals surface area contributed by atoms with E-state index in [1.165, 1.54) is 44.1 Å². The molecule has 0 aliphatic rings. The smallest absolute Gasteiger partial charge is 0.0136 e. The summed E-state index contributed by atoms with van der Waals surface area (Å²) >= 11 is 0. The molecule has 1 heteroatoms. The highest BCUT2D eigenvalue weighted by molar-refractivity contribution is 5.21.